The summed E-state index contributed by atoms with van der Waals surface area (Å²) in [4.78, 5) is 28.1. The van der Waals surface area contributed by atoms with Crippen molar-refractivity contribution in [1.29, 1.82) is 0 Å². The molecule has 3 aromatic heterocycles. The van der Waals surface area contributed by atoms with Crippen LogP contribution in [0.1, 0.15) is 15.2 Å². The zero-order valence-electron chi connectivity index (χ0n) is 11.6. The molecule has 3 rings (SSSR count). The lowest BCUT2D eigenvalue weighted by molar-refractivity contribution is 0.0605. The van der Waals surface area contributed by atoms with Crippen LogP contribution in [0.5, 0.6) is 0 Å². The van der Waals surface area contributed by atoms with E-state index in [0.29, 0.717) is 21.8 Å². The first-order valence-electron chi connectivity index (χ1n) is 6.32. The third kappa shape index (κ3) is 2.56. The molecule has 0 atom stereocenters. The summed E-state index contributed by atoms with van der Waals surface area (Å²) in [5.41, 5.74) is 1.33. The number of esters is 1. The maximum Gasteiger partial charge on any atom is 0.442 e. The third-order valence-corrected chi connectivity index (χ3v) is 3.99. The van der Waals surface area contributed by atoms with Gasteiger partial charge in [-0.2, -0.15) is 0 Å². The molecule has 0 amide bonds. The number of hydrogen-bond donors (Lipinski definition) is 0. The average molecular weight is 317 g/mol. The van der Waals surface area contributed by atoms with E-state index in [1.807, 2.05) is 0 Å². The van der Waals surface area contributed by atoms with Gasteiger partial charge in [-0.1, -0.05) is 5.16 Å². The number of thiophene rings is 1. The van der Waals surface area contributed by atoms with Crippen molar-refractivity contribution in [3.05, 3.63) is 57.0 Å². The fraction of sp³-hybridized carbons (Fsp3) is 0.143. The molecule has 0 saturated heterocycles. The molecule has 0 aliphatic heterocycles. The van der Waals surface area contributed by atoms with E-state index >= 15 is 0 Å². The molecule has 7 nitrogen and oxygen atoms in total. The van der Waals surface area contributed by atoms with Crippen LogP contribution in [-0.4, -0.2) is 27.8 Å². The van der Waals surface area contributed by atoms with Gasteiger partial charge in [-0.3, -0.25) is 14.1 Å². The van der Waals surface area contributed by atoms with Crippen LogP contribution in [0, 0.1) is 0 Å². The molecule has 0 aliphatic carbocycles. The van der Waals surface area contributed by atoms with E-state index in [0.717, 1.165) is 0 Å². The molecule has 0 spiro atoms. The van der Waals surface area contributed by atoms with E-state index in [-0.39, 0.29) is 6.54 Å². The Morgan fingerprint density at radius 1 is 1.45 bits per heavy atom. The fourth-order valence-electron chi connectivity index (χ4n) is 2.01. The Morgan fingerprint density at radius 3 is 3.05 bits per heavy atom. The maximum absolute atomic E-state index is 11.9. The molecule has 0 aliphatic rings. The average Bonchev–Trinajstić information content (AvgIpc) is 3.16. The number of aromatic nitrogens is 3. The van der Waals surface area contributed by atoms with Gasteiger partial charge in [0, 0.05) is 18.0 Å². The van der Waals surface area contributed by atoms with Crippen LogP contribution in [0.4, 0.5) is 0 Å². The Kier molecular flexibility index (Phi) is 3.84. The lowest BCUT2D eigenvalue weighted by Gasteiger charge is -2.05. The molecule has 8 heteroatoms. The van der Waals surface area contributed by atoms with Gasteiger partial charge in [-0.25, -0.2) is 9.59 Å². The molecule has 112 valence electrons. The van der Waals surface area contributed by atoms with E-state index in [1.54, 1.807) is 36.0 Å². The van der Waals surface area contributed by atoms with Crippen LogP contribution in [0.15, 0.2) is 45.3 Å². The summed E-state index contributed by atoms with van der Waals surface area (Å²) in [6.45, 7) is 0.167. The minimum Gasteiger partial charge on any atom is -0.465 e. The smallest absolute Gasteiger partial charge is 0.442 e. The molecule has 0 bridgehead atoms. The second-order valence-electron chi connectivity index (χ2n) is 4.37. The third-order valence-electron chi connectivity index (χ3n) is 3.05. The highest BCUT2D eigenvalue weighted by molar-refractivity contribution is 7.12. The monoisotopic (exact) mass is 317 g/mol. The van der Waals surface area contributed by atoms with Gasteiger partial charge in [0.2, 0.25) is 0 Å². The maximum atomic E-state index is 11.9. The Balaban J connectivity index is 2.01. The first-order valence-corrected chi connectivity index (χ1v) is 7.20. The van der Waals surface area contributed by atoms with E-state index in [2.05, 4.69) is 10.1 Å². The van der Waals surface area contributed by atoms with Crippen molar-refractivity contribution in [1.82, 2.24) is 14.7 Å². The predicted octanol–water partition coefficient (Wildman–Crippen LogP) is 1.79. The summed E-state index contributed by atoms with van der Waals surface area (Å²) < 4.78 is 10.8. The molecule has 0 fully saturated rings. The lowest BCUT2D eigenvalue weighted by atomic mass is 10.2. The van der Waals surface area contributed by atoms with Crippen LogP contribution < -0.4 is 5.76 Å². The Hall–Kier alpha value is -2.74. The van der Waals surface area contributed by atoms with Crippen molar-refractivity contribution in [3.8, 4) is 11.4 Å². The minimum atomic E-state index is -0.596. The molecule has 3 heterocycles. The van der Waals surface area contributed by atoms with Crippen molar-refractivity contribution in [2.75, 3.05) is 7.11 Å². The van der Waals surface area contributed by atoms with Gasteiger partial charge in [0.15, 0.2) is 5.82 Å². The molecule has 0 unspecified atom stereocenters. The normalized spacial score (nSPS) is 10.6. The van der Waals surface area contributed by atoms with E-state index in [1.165, 1.54) is 23.0 Å². The van der Waals surface area contributed by atoms with Crippen LogP contribution in [0.2, 0.25) is 0 Å². The first-order chi connectivity index (χ1) is 10.7. The van der Waals surface area contributed by atoms with E-state index < -0.39 is 11.7 Å². The largest absolute Gasteiger partial charge is 0.465 e. The van der Waals surface area contributed by atoms with Crippen molar-refractivity contribution in [2.45, 2.75) is 6.54 Å². The van der Waals surface area contributed by atoms with Gasteiger partial charge in [0.05, 0.1) is 13.7 Å². The highest BCUT2D eigenvalue weighted by atomic mass is 32.1. The predicted molar refractivity (Wildman–Crippen MR) is 78.8 cm³/mol. The van der Waals surface area contributed by atoms with Crippen LogP contribution in [0.25, 0.3) is 11.4 Å². The van der Waals surface area contributed by atoms with Gasteiger partial charge in [0.1, 0.15) is 4.88 Å². The molecular formula is C14H11N3O4S. The summed E-state index contributed by atoms with van der Waals surface area (Å²) in [7, 11) is 1.32. The summed E-state index contributed by atoms with van der Waals surface area (Å²) >= 11 is 1.26. The first kappa shape index (κ1) is 14.2. The van der Waals surface area contributed by atoms with Gasteiger partial charge in [0.25, 0.3) is 0 Å². The minimum absolute atomic E-state index is 0.167. The molecule has 0 saturated carbocycles. The SMILES string of the molecule is COC(=O)c1sccc1Cn1c(-c2cccnc2)noc1=O. The number of carbonyl (C=O) groups is 1. The Morgan fingerprint density at radius 2 is 2.32 bits per heavy atom. The van der Waals surface area contributed by atoms with E-state index in [9.17, 15) is 9.59 Å². The molecule has 0 aromatic carbocycles. The summed E-state index contributed by atoms with van der Waals surface area (Å²) in [5, 5.41) is 5.55. The van der Waals surface area contributed by atoms with Gasteiger partial charge in [-0.15, -0.1) is 11.3 Å². The zero-order valence-corrected chi connectivity index (χ0v) is 12.4. The van der Waals surface area contributed by atoms with Gasteiger partial charge >= 0.3 is 11.7 Å². The summed E-state index contributed by atoms with van der Waals surface area (Å²) in [5.74, 6) is -0.668. The quantitative estimate of drug-likeness (QED) is 0.682. The zero-order chi connectivity index (χ0) is 15.5. The van der Waals surface area contributed by atoms with Crippen molar-refractivity contribution < 1.29 is 14.1 Å². The van der Waals surface area contributed by atoms with Crippen molar-refractivity contribution >= 4 is 17.3 Å². The van der Waals surface area contributed by atoms with Crippen LogP contribution in [-0.2, 0) is 11.3 Å². The molecular weight excluding hydrogens is 306 g/mol. The highest BCUT2D eigenvalue weighted by Gasteiger charge is 2.18. The second kappa shape index (κ2) is 5.94. The van der Waals surface area contributed by atoms with Crippen molar-refractivity contribution in [2.24, 2.45) is 0 Å². The summed E-state index contributed by atoms with van der Waals surface area (Å²) in [6.07, 6.45) is 3.21. The molecule has 0 radical (unpaired) electrons. The highest BCUT2D eigenvalue weighted by Crippen LogP contribution is 2.21. The molecule has 3 aromatic rings. The van der Waals surface area contributed by atoms with Gasteiger partial charge < -0.3 is 4.74 Å². The second-order valence-corrected chi connectivity index (χ2v) is 5.28. The number of rotatable bonds is 4. The van der Waals surface area contributed by atoms with E-state index in [4.69, 9.17) is 9.26 Å². The number of ether oxygens (including phenoxy) is 1. The van der Waals surface area contributed by atoms with Crippen LogP contribution >= 0.6 is 11.3 Å². The number of hydrogen-bond acceptors (Lipinski definition) is 7. The Labute approximate surface area is 128 Å². The number of carbonyl (C=O) groups excluding carboxylic acids is 1. The summed E-state index contributed by atoms with van der Waals surface area (Å²) in [6, 6.07) is 5.28. The number of nitrogens with zero attached hydrogens (tertiary/aromatic N) is 3. The van der Waals surface area contributed by atoms with Gasteiger partial charge in [-0.05, 0) is 29.1 Å². The van der Waals surface area contributed by atoms with Crippen molar-refractivity contribution in [3.63, 3.8) is 0 Å². The van der Waals surface area contributed by atoms with Crippen LogP contribution in [0.3, 0.4) is 0 Å². The number of methoxy groups -OCH3 is 1. The fourth-order valence-corrected chi connectivity index (χ4v) is 2.84. The topological polar surface area (TPSA) is 87.2 Å². The molecule has 22 heavy (non-hydrogen) atoms. The molecule has 0 N–H and O–H groups in total. The Bertz CT molecular complexity index is 850. The number of pyridine rings is 1. The lowest BCUT2D eigenvalue weighted by Crippen LogP contribution is -2.17. The standard InChI is InChI=1S/C14H11N3O4S/c1-20-13(18)11-10(4-6-22-11)8-17-12(16-21-14(17)19)9-3-2-5-15-7-9/h2-7H,8H2,1H3.